The van der Waals surface area contributed by atoms with Crippen LogP contribution in [0.1, 0.15) is 36.0 Å². The van der Waals surface area contributed by atoms with E-state index in [-0.39, 0.29) is 12.2 Å². The van der Waals surface area contributed by atoms with E-state index < -0.39 is 29.3 Å². The van der Waals surface area contributed by atoms with Gasteiger partial charge in [0.15, 0.2) is 0 Å². The quantitative estimate of drug-likeness (QED) is 0.440. The first kappa shape index (κ1) is 23.4. The van der Waals surface area contributed by atoms with Gasteiger partial charge in [0, 0.05) is 0 Å². The Morgan fingerprint density at radius 3 is 2.53 bits per heavy atom. The number of nitrogens with zero attached hydrogens (tertiary/aromatic N) is 4. The Kier molecular flexibility index (Phi) is 6.34. The summed E-state index contributed by atoms with van der Waals surface area (Å²) in [7, 11) is 0. The van der Waals surface area contributed by atoms with Gasteiger partial charge in [0.25, 0.3) is 0 Å². The molecule has 0 unspecified atom stereocenters. The molecule has 0 amide bonds. The second-order valence-corrected chi connectivity index (χ2v) is 9.58. The van der Waals surface area contributed by atoms with E-state index in [9.17, 15) is 19.5 Å². The summed E-state index contributed by atoms with van der Waals surface area (Å²) in [4.78, 5) is 49.6. The van der Waals surface area contributed by atoms with E-state index in [4.69, 9.17) is 0 Å². The number of aromatic nitrogens is 4. The molecule has 0 aliphatic rings. The number of aryl methyl sites for hydroxylation is 2. The molecule has 0 aliphatic carbocycles. The lowest BCUT2D eigenvalue weighted by Crippen LogP contribution is -2.52. The first-order valence-corrected chi connectivity index (χ1v) is 11.6. The number of hydrogen-bond donors (Lipinski definition) is 2. The number of carbonyl (C=O) groups is 1. The lowest BCUT2D eigenvalue weighted by atomic mass is 10.0. The molecule has 0 aliphatic heterocycles. The molecule has 176 valence electrons. The van der Waals surface area contributed by atoms with Crippen molar-refractivity contribution in [3.8, 4) is 0 Å². The summed E-state index contributed by atoms with van der Waals surface area (Å²) < 4.78 is 3.25. The molecule has 9 nitrogen and oxygen atoms in total. The van der Waals surface area contributed by atoms with E-state index in [0.717, 1.165) is 30.9 Å². The average Bonchev–Trinajstić information content (AvgIpc) is 3.16. The SMILES string of the molecule is Cc1ccc(Cn2c(=O)n([C@@H](C)[C@@H](C)C(=O)O)c(=O)[nH]/c2=N\c2ccc3nc(C)sc3c2)cc1. The molecule has 34 heavy (non-hydrogen) atoms. The van der Waals surface area contributed by atoms with E-state index in [2.05, 4.69) is 15.0 Å². The van der Waals surface area contributed by atoms with Gasteiger partial charge in [-0.15, -0.1) is 11.3 Å². The second-order valence-electron chi connectivity index (χ2n) is 8.34. The van der Waals surface area contributed by atoms with Crippen LogP contribution in [0.25, 0.3) is 10.2 Å². The van der Waals surface area contributed by atoms with Gasteiger partial charge in [-0.25, -0.2) is 24.1 Å². The molecule has 4 rings (SSSR count). The zero-order chi connectivity index (χ0) is 24.6. The van der Waals surface area contributed by atoms with Gasteiger partial charge < -0.3 is 5.11 Å². The van der Waals surface area contributed by atoms with Crippen LogP contribution in [-0.4, -0.2) is 30.2 Å². The fourth-order valence-corrected chi connectivity index (χ4v) is 4.51. The third-order valence-electron chi connectivity index (χ3n) is 5.83. The van der Waals surface area contributed by atoms with Gasteiger partial charge in [0.2, 0.25) is 5.62 Å². The predicted molar refractivity (Wildman–Crippen MR) is 131 cm³/mol. The van der Waals surface area contributed by atoms with Gasteiger partial charge >= 0.3 is 17.3 Å². The summed E-state index contributed by atoms with van der Waals surface area (Å²) in [6.45, 7) is 7.06. The topological polar surface area (TPSA) is 122 Å². The van der Waals surface area contributed by atoms with Crippen LogP contribution in [0.3, 0.4) is 0 Å². The molecule has 0 saturated heterocycles. The molecular weight excluding hydrogens is 454 g/mol. The van der Waals surface area contributed by atoms with Crippen molar-refractivity contribution in [1.29, 1.82) is 0 Å². The van der Waals surface area contributed by atoms with Crippen molar-refractivity contribution in [3.63, 3.8) is 0 Å². The standard InChI is InChI=1S/C24H25N5O4S/c1-13-5-7-17(8-6-13)12-28-22(26-18-9-10-19-20(11-18)34-16(4)25-19)27-23(32)29(24(28)33)15(3)14(2)21(30)31/h5-11,14-15H,12H2,1-4H3,(H,30,31)(H,26,27,32)/t14-,15+/m1/s1. The Bertz CT molecular complexity index is 1560. The minimum atomic E-state index is -1.09. The van der Waals surface area contributed by atoms with Crippen LogP contribution >= 0.6 is 11.3 Å². The van der Waals surface area contributed by atoms with Crippen LogP contribution in [0.15, 0.2) is 57.0 Å². The highest BCUT2D eigenvalue weighted by molar-refractivity contribution is 7.18. The van der Waals surface area contributed by atoms with Crippen molar-refractivity contribution >= 4 is 33.2 Å². The second kappa shape index (κ2) is 9.22. The van der Waals surface area contributed by atoms with Crippen LogP contribution in [0.4, 0.5) is 5.69 Å². The summed E-state index contributed by atoms with van der Waals surface area (Å²) in [5.41, 5.74) is 2.09. The number of carboxylic acid groups (broad SMARTS) is 1. The first-order valence-electron chi connectivity index (χ1n) is 10.8. The molecule has 2 aromatic heterocycles. The van der Waals surface area contributed by atoms with Gasteiger partial charge in [-0.1, -0.05) is 29.8 Å². The molecule has 2 aromatic carbocycles. The molecule has 0 radical (unpaired) electrons. The van der Waals surface area contributed by atoms with Gasteiger partial charge in [-0.2, -0.15) is 0 Å². The van der Waals surface area contributed by atoms with E-state index in [1.54, 1.807) is 13.0 Å². The number of aliphatic carboxylic acids is 1. The summed E-state index contributed by atoms with van der Waals surface area (Å²) in [6, 6.07) is 12.3. The highest BCUT2D eigenvalue weighted by Crippen LogP contribution is 2.25. The van der Waals surface area contributed by atoms with Crippen LogP contribution < -0.4 is 17.0 Å². The van der Waals surface area contributed by atoms with Crippen LogP contribution in [0.2, 0.25) is 0 Å². The number of fused-ring (bicyclic) bond motifs is 1. The summed E-state index contributed by atoms with van der Waals surface area (Å²) >= 11 is 1.53. The zero-order valence-corrected chi connectivity index (χ0v) is 20.1. The Morgan fingerprint density at radius 1 is 1.15 bits per heavy atom. The largest absolute Gasteiger partial charge is 0.481 e. The van der Waals surface area contributed by atoms with E-state index in [1.165, 1.54) is 22.8 Å². The van der Waals surface area contributed by atoms with Gasteiger partial charge in [-0.3, -0.25) is 14.3 Å². The zero-order valence-electron chi connectivity index (χ0n) is 19.3. The van der Waals surface area contributed by atoms with Crippen molar-refractivity contribution in [3.05, 3.63) is 85.2 Å². The van der Waals surface area contributed by atoms with Crippen molar-refractivity contribution in [2.75, 3.05) is 0 Å². The van der Waals surface area contributed by atoms with Crippen molar-refractivity contribution < 1.29 is 9.90 Å². The highest BCUT2D eigenvalue weighted by Gasteiger charge is 2.25. The van der Waals surface area contributed by atoms with Gasteiger partial charge in [-0.05, 0) is 51.5 Å². The number of thiazole rings is 1. The van der Waals surface area contributed by atoms with Crippen LogP contribution in [0, 0.1) is 19.8 Å². The molecule has 2 N–H and O–H groups in total. The Hall–Kier alpha value is -3.79. The molecule has 0 fully saturated rings. The average molecular weight is 480 g/mol. The maximum Gasteiger partial charge on any atom is 0.335 e. The molecule has 2 heterocycles. The van der Waals surface area contributed by atoms with Gasteiger partial charge in [0.05, 0.1) is 39.4 Å². The Labute approximate surface area is 198 Å². The number of hydrogen-bond acceptors (Lipinski definition) is 6. The summed E-state index contributed by atoms with van der Waals surface area (Å²) in [5.74, 6) is -2.03. The molecule has 0 spiro atoms. The fraction of sp³-hybridized carbons (Fsp3) is 0.292. The number of carboxylic acids is 1. The fourth-order valence-electron chi connectivity index (χ4n) is 3.65. The minimum absolute atomic E-state index is 0.0857. The lowest BCUT2D eigenvalue weighted by Gasteiger charge is -2.19. The third-order valence-corrected chi connectivity index (χ3v) is 6.76. The number of rotatable bonds is 6. The predicted octanol–water partition coefficient (Wildman–Crippen LogP) is 3.13. The molecule has 10 heteroatoms. The maximum absolute atomic E-state index is 13.5. The normalized spacial score (nSPS) is 13.8. The van der Waals surface area contributed by atoms with Crippen molar-refractivity contribution in [2.24, 2.45) is 10.9 Å². The van der Waals surface area contributed by atoms with Gasteiger partial charge in [0.1, 0.15) is 0 Å². The monoisotopic (exact) mass is 479 g/mol. The van der Waals surface area contributed by atoms with E-state index in [1.807, 2.05) is 50.2 Å². The first-order chi connectivity index (χ1) is 16.1. The molecule has 4 aromatic rings. The minimum Gasteiger partial charge on any atom is -0.481 e. The molecule has 0 bridgehead atoms. The smallest absolute Gasteiger partial charge is 0.335 e. The summed E-state index contributed by atoms with van der Waals surface area (Å²) in [5, 5.41) is 10.3. The van der Waals surface area contributed by atoms with Crippen LogP contribution in [0.5, 0.6) is 0 Å². The molecule has 0 saturated carbocycles. The van der Waals surface area contributed by atoms with Crippen molar-refractivity contribution in [1.82, 2.24) is 19.1 Å². The third kappa shape index (κ3) is 4.62. The maximum atomic E-state index is 13.5. The number of aromatic amines is 1. The lowest BCUT2D eigenvalue weighted by molar-refractivity contribution is -0.142. The van der Waals surface area contributed by atoms with E-state index in [0.29, 0.717) is 5.69 Å². The molecule has 2 atom stereocenters. The highest BCUT2D eigenvalue weighted by atomic mass is 32.1. The number of nitrogens with one attached hydrogen (secondary N) is 1. The number of benzene rings is 2. The number of H-pyrrole nitrogens is 1. The molecular formula is C24H25N5O4S. The summed E-state index contributed by atoms with van der Waals surface area (Å²) in [6.07, 6.45) is 0. The van der Waals surface area contributed by atoms with E-state index >= 15 is 0 Å². The van der Waals surface area contributed by atoms with Crippen molar-refractivity contribution in [2.45, 2.75) is 40.3 Å². The van der Waals surface area contributed by atoms with Crippen LogP contribution in [-0.2, 0) is 11.3 Å². The Balaban J connectivity index is 1.92. The Morgan fingerprint density at radius 2 is 1.85 bits per heavy atom.